The molecule has 0 bridgehead atoms. The number of carbonyl (C=O) groups is 3. The molecule has 6 nitrogen and oxygen atoms in total. The highest BCUT2D eigenvalue weighted by Gasteiger charge is 2.40. The number of carboxylic acid groups (broad SMARTS) is 1. The summed E-state index contributed by atoms with van der Waals surface area (Å²) in [6, 6.07) is 3.84. The molecule has 1 aliphatic carbocycles. The van der Waals surface area contributed by atoms with Gasteiger partial charge in [0.05, 0.1) is 11.1 Å². The predicted octanol–water partition coefficient (Wildman–Crippen LogP) is 3.54. The lowest BCUT2D eigenvalue weighted by molar-refractivity contribution is -0.152. The normalized spacial score (nSPS) is 16.6. The Bertz CT molecular complexity index is 667. The summed E-state index contributed by atoms with van der Waals surface area (Å²) in [7, 11) is 0. The molecular formula is C18H23FN2O4. The summed E-state index contributed by atoms with van der Waals surface area (Å²) in [5.41, 5.74) is -0.816. The molecule has 0 spiro atoms. The molecule has 0 radical (unpaired) electrons. The molecule has 2 amide bonds. The van der Waals surface area contributed by atoms with Crippen LogP contribution >= 0.6 is 0 Å². The van der Waals surface area contributed by atoms with Crippen molar-refractivity contribution in [1.82, 2.24) is 0 Å². The molecule has 2 rings (SSSR count). The number of carboxylic acids is 1. The number of anilines is 2. The van der Waals surface area contributed by atoms with E-state index in [0.29, 0.717) is 18.5 Å². The third kappa shape index (κ3) is 5.01. The lowest BCUT2D eigenvalue weighted by Crippen LogP contribution is -2.35. The van der Waals surface area contributed by atoms with Crippen LogP contribution in [0.3, 0.4) is 0 Å². The van der Waals surface area contributed by atoms with Crippen molar-refractivity contribution in [3.63, 3.8) is 0 Å². The first-order valence-electron chi connectivity index (χ1n) is 8.43. The molecule has 7 heteroatoms. The molecule has 1 fully saturated rings. The zero-order chi connectivity index (χ0) is 18.4. The molecule has 0 atom stereocenters. The molecule has 0 saturated heterocycles. The second kappa shape index (κ2) is 8.09. The maximum Gasteiger partial charge on any atom is 0.310 e. The van der Waals surface area contributed by atoms with E-state index in [1.54, 1.807) is 0 Å². The van der Waals surface area contributed by atoms with Gasteiger partial charge in [-0.1, -0.05) is 25.7 Å². The Kier molecular flexibility index (Phi) is 6.12. The standard InChI is InChI=1S/C18H23FN2O4/c1-12(22)20-13-6-7-14(19)15(10-13)21-16(23)11-18(17(24)25)8-4-2-3-5-9-18/h6-7,10H,2-5,8-9,11H2,1H3,(H,20,22)(H,21,23)(H,24,25). The Labute approximate surface area is 145 Å². The van der Waals surface area contributed by atoms with Crippen LogP contribution in [0.4, 0.5) is 15.8 Å². The molecule has 0 aliphatic heterocycles. The van der Waals surface area contributed by atoms with Gasteiger partial charge in [-0.15, -0.1) is 0 Å². The van der Waals surface area contributed by atoms with Crippen molar-refractivity contribution in [2.45, 2.75) is 51.9 Å². The van der Waals surface area contributed by atoms with E-state index in [-0.39, 0.29) is 18.0 Å². The summed E-state index contributed by atoms with van der Waals surface area (Å²) >= 11 is 0. The predicted molar refractivity (Wildman–Crippen MR) is 91.7 cm³/mol. The van der Waals surface area contributed by atoms with E-state index < -0.39 is 23.1 Å². The van der Waals surface area contributed by atoms with E-state index in [1.807, 2.05) is 0 Å². The zero-order valence-corrected chi connectivity index (χ0v) is 14.2. The Morgan fingerprint density at radius 2 is 1.76 bits per heavy atom. The highest BCUT2D eigenvalue weighted by atomic mass is 19.1. The van der Waals surface area contributed by atoms with E-state index in [9.17, 15) is 23.9 Å². The van der Waals surface area contributed by atoms with Crippen molar-refractivity contribution in [1.29, 1.82) is 0 Å². The van der Waals surface area contributed by atoms with Gasteiger partial charge < -0.3 is 15.7 Å². The third-order valence-corrected chi connectivity index (χ3v) is 4.57. The first-order chi connectivity index (χ1) is 11.8. The van der Waals surface area contributed by atoms with Crippen molar-refractivity contribution in [3.8, 4) is 0 Å². The number of rotatable bonds is 5. The van der Waals surface area contributed by atoms with Crippen LogP contribution in [-0.2, 0) is 14.4 Å². The second-order valence-electron chi connectivity index (χ2n) is 6.60. The molecular weight excluding hydrogens is 327 g/mol. The number of nitrogens with one attached hydrogen (secondary N) is 2. The van der Waals surface area contributed by atoms with Gasteiger partial charge in [-0.05, 0) is 31.0 Å². The average Bonchev–Trinajstić information content (AvgIpc) is 2.76. The van der Waals surface area contributed by atoms with E-state index in [1.165, 1.54) is 19.1 Å². The number of carbonyl (C=O) groups excluding carboxylic acids is 2. The lowest BCUT2D eigenvalue weighted by atomic mass is 9.77. The molecule has 1 aromatic carbocycles. The number of aliphatic carboxylic acids is 1. The van der Waals surface area contributed by atoms with Crippen molar-refractivity contribution in [3.05, 3.63) is 24.0 Å². The molecule has 0 aromatic heterocycles. The molecule has 0 heterocycles. The van der Waals surface area contributed by atoms with Crippen molar-refractivity contribution in [2.24, 2.45) is 5.41 Å². The maximum absolute atomic E-state index is 13.9. The van der Waals surface area contributed by atoms with Crippen LogP contribution in [0.25, 0.3) is 0 Å². The van der Waals surface area contributed by atoms with Crippen LogP contribution in [0.1, 0.15) is 51.9 Å². The molecule has 1 saturated carbocycles. The summed E-state index contributed by atoms with van der Waals surface area (Å²) in [5, 5.41) is 14.6. The van der Waals surface area contributed by atoms with Crippen LogP contribution in [0, 0.1) is 11.2 Å². The van der Waals surface area contributed by atoms with Gasteiger partial charge in [0, 0.05) is 19.0 Å². The van der Waals surface area contributed by atoms with E-state index in [2.05, 4.69) is 10.6 Å². The van der Waals surface area contributed by atoms with Gasteiger partial charge in [-0.3, -0.25) is 14.4 Å². The Morgan fingerprint density at radius 1 is 1.12 bits per heavy atom. The van der Waals surface area contributed by atoms with Crippen LogP contribution in [0.15, 0.2) is 18.2 Å². The quantitative estimate of drug-likeness (QED) is 0.708. The third-order valence-electron chi connectivity index (χ3n) is 4.57. The zero-order valence-electron chi connectivity index (χ0n) is 14.2. The number of hydrogen-bond acceptors (Lipinski definition) is 3. The van der Waals surface area contributed by atoms with Crippen LogP contribution in [0.5, 0.6) is 0 Å². The fourth-order valence-electron chi connectivity index (χ4n) is 3.28. The van der Waals surface area contributed by atoms with Crippen LogP contribution in [-0.4, -0.2) is 22.9 Å². The SMILES string of the molecule is CC(=O)Nc1ccc(F)c(NC(=O)CC2(C(=O)O)CCCCCC2)c1. The number of hydrogen-bond donors (Lipinski definition) is 3. The van der Waals surface area contributed by atoms with Gasteiger partial charge in [0.15, 0.2) is 0 Å². The van der Waals surface area contributed by atoms with Gasteiger partial charge >= 0.3 is 5.97 Å². The average molecular weight is 350 g/mol. The summed E-state index contributed by atoms with van der Waals surface area (Å²) in [6.45, 7) is 1.32. The largest absolute Gasteiger partial charge is 0.481 e. The topological polar surface area (TPSA) is 95.5 Å². The number of benzene rings is 1. The summed E-state index contributed by atoms with van der Waals surface area (Å²) in [6.07, 6.45) is 4.17. The van der Waals surface area contributed by atoms with Crippen LogP contribution in [0.2, 0.25) is 0 Å². The van der Waals surface area contributed by atoms with Gasteiger partial charge in [0.25, 0.3) is 0 Å². The minimum atomic E-state index is -1.09. The molecule has 25 heavy (non-hydrogen) atoms. The number of halogens is 1. The fraction of sp³-hybridized carbons (Fsp3) is 0.500. The Balaban J connectivity index is 2.12. The number of amides is 2. The maximum atomic E-state index is 13.9. The summed E-state index contributed by atoms with van der Waals surface area (Å²) in [4.78, 5) is 35.2. The van der Waals surface area contributed by atoms with E-state index in [4.69, 9.17) is 0 Å². The highest BCUT2D eigenvalue weighted by molar-refractivity contribution is 5.95. The minimum Gasteiger partial charge on any atom is -0.481 e. The molecule has 0 unspecified atom stereocenters. The molecule has 1 aromatic rings. The van der Waals surface area contributed by atoms with Gasteiger partial charge in [0.1, 0.15) is 5.82 Å². The lowest BCUT2D eigenvalue weighted by Gasteiger charge is -2.27. The van der Waals surface area contributed by atoms with Crippen LogP contribution < -0.4 is 10.6 Å². The second-order valence-corrected chi connectivity index (χ2v) is 6.60. The molecule has 1 aliphatic rings. The summed E-state index contributed by atoms with van der Waals surface area (Å²) in [5.74, 6) is -2.47. The monoisotopic (exact) mass is 350 g/mol. The fourth-order valence-corrected chi connectivity index (χ4v) is 3.28. The molecule has 136 valence electrons. The van der Waals surface area contributed by atoms with Crippen molar-refractivity contribution in [2.75, 3.05) is 10.6 Å². The van der Waals surface area contributed by atoms with Gasteiger partial charge in [0.2, 0.25) is 11.8 Å². The Morgan fingerprint density at radius 3 is 2.32 bits per heavy atom. The van der Waals surface area contributed by atoms with Crippen molar-refractivity contribution >= 4 is 29.2 Å². The Hall–Kier alpha value is -2.44. The van der Waals surface area contributed by atoms with Gasteiger partial charge in [-0.25, -0.2) is 4.39 Å². The minimum absolute atomic E-state index is 0.0783. The molecule has 3 N–H and O–H groups in total. The smallest absolute Gasteiger partial charge is 0.310 e. The first-order valence-corrected chi connectivity index (χ1v) is 8.43. The van der Waals surface area contributed by atoms with Gasteiger partial charge in [-0.2, -0.15) is 0 Å². The summed E-state index contributed by atoms with van der Waals surface area (Å²) < 4.78 is 13.9. The van der Waals surface area contributed by atoms with E-state index >= 15 is 0 Å². The van der Waals surface area contributed by atoms with E-state index in [0.717, 1.165) is 31.7 Å². The van der Waals surface area contributed by atoms with Crippen molar-refractivity contribution < 1.29 is 23.9 Å². The highest BCUT2D eigenvalue weighted by Crippen LogP contribution is 2.38. The first kappa shape index (κ1) is 18.9.